The second-order valence-corrected chi connectivity index (χ2v) is 7.50. The number of fused-ring (bicyclic) bond motifs is 1. The maximum Gasteiger partial charge on any atom is 0.453 e. The highest BCUT2D eigenvalue weighted by molar-refractivity contribution is 5.79. The van der Waals surface area contributed by atoms with Crippen LogP contribution in [0.15, 0.2) is 69.9 Å². The second kappa shape index (κ2) is 8.61. The number of alkyl halides is 3. The Kier molecular flexibility index (Phi) is 5.84. The first-order chi connectivity index (χ1) is 15.6. The highest BCUT2D eigenvalue weighted by Crippen LogP contribution is 2.39. The number of halogens is 4. The summed E-state index contributed by atoms with van der Waals surface area (Å²) in [6, 6.07) is 14.8. The van der Waals surface area contributed by atoms with E-state index in [4.69, 9.17) is 13.9 Å². The SMILES string of the molecule is Cc1ccc(C)c(Oc2c(C(F)(F)F)oc3cc(OCc4ccccc4F)ccc3c2=O)c1. The third kappa shape index (κ3) is 4.69. The molecule has 0 aliphatic rings. The van der Waals surface area contributed by atoms with E-state index < -0.39 is 28.9 Å². The minimum absolute atomic E-state index is 0.110. The summed E-state index contributed by atoms with van der Waals surface area (Å²) in [5, 5.41) is -0.110. The van der Waals surface area contributed by atoms with Crippen LogP contribution in [-0.2, 0) is 12.8 Å². The van der Waals surface area contributed by atoms with Crippen LogP contribution in [0.3, 0.4) is 0 Å². The van der Waals surface area contributed by atoms with Crippen molar-refractivity contribution < 1.29 is 31.5 Å². The average molecular weight is 458 g/mol. The Morgan fingerprint density at radius 2 is 1.73 bits per heavy atom. The monoisotopic (exact) mass is 458 g/mol. The van der Waals surface area contributed by atoms with Crippen molar-refractivity contribution in [2.75, 3.05) is 0 Å². The van der Waals surface area contributed by atoms with Gasteiger partial charge in [0.25, 0.3) is 5.76 Å². The van der Waals surface area contributed by atoms with E-state index in [0.29, 0.717) is 5.56 Å². The minimum Gasteiger partial charge on any atom is -0.489 e. The molecule has 0 saturated carbocycles. The zero-order chi connectivity index (χ0) is 23.8. The Morgan fingerprint density at radius 1 is 0.970 bits per heavy atom. The summed E-state index contributed by atoms with van der Waals surface area (Å²) in [4.78, 5) is 13.0. The number of ether oxygens (including phenoxy) is 2. The lowest BCUT2D eigenvalue weighted by atomic mass is 10.1. The van der Waals surface area contributed by atoms with Crippen LogP contribution in [0.2, 0.25) is 0 Å². The summed E-state index contributed by atoms with van der Waals surface area (Å²) in [6.45, 7) is 3.26. The molecule has 0 saturated heterocycles. The fourth-order valence-electron chi connectivity index (χ4n) is 3.23. The van der Waals surface area contributed by atoms with Crippen LogP contribution >= 0.6 is 0 Å². The molecule has 1 heterocycles. The molecule has 3 aromatic carbocycles. The quantitative estimate of drug-likeness (QED) is 0.304. The molecule has 1 aromatic heterocycles. The van der Waals surface area contributed by atoms with Crippen molar-refractivity contribution in [3.05, 3.63) is 99.2 Å². The van der Waals surface area contributed by atoms with Crippen molar-refractivity contribution in [1.82, 2.24) is 0 Å². The zero-order valence-electron chi connectivity index (χ0n) is 17.6. The predicted octanol–water partition coefficient (Wildman–Crippen LogP) is 6.94. The molecule has 4 rings (SSSR count). The topological polar surface area (TPSA) is 48.7 Å². The lowest BCUT2D eigenvalue weighted by Gasteiger charge is -2.15. The molecular formula is C25H18F4O4. The Bertz CT molecular complexity index is 1390. The first-order valence-electron chi connectivity index (χ1n) is 9.93. The standard InChI is InChI=1S/C25H18F4O4/c1-14-7-8-15(2)20(11-14)32-23-22(30)18-10-9-17(12-21(18)33-24(23)25(27,28)29)31-13-16-5-3-4-6-19(16)26/h3-12H,13H2,1-2H3. The molecule has 0 N–H and O–H groups in total. The Balaban J connectivity index is 1.76. The van der Waals surface area contributed by atoms with Gasteiger partial charge in [-0.05, 0) is 49.2 Å². The van der Waals surface area contributed by atoms with E-state index in [2.05, 4.69) is 0 Å². The van der Waals surface area contributed by atoms with Gasteiger partial charge in [0.15, 0.2) is 0 Å². The van der Waals surface area contributed by atoms with E-state index in [1.54, 1.807) is 38.1 Å². The molecule has 4 aromatic rings. The van der Waals surface area contributed by atoms with Crippen molar-refractivity contribution >= 4 is 11.0 Å². The molecule has 0 aliphatic carbocycles. The molecular weight excluding hydrogens is 440 g/mol. The summed E-state index contributed by atoms with van der Waals surface area (Å²) in [7, 11) is 0. The van der Waals surface area contributed by atoms with E-state index in [-0.39, 0.29) is 34.6 Å². The van der Waals surface area contributed by atoms with Gasteiger partial charge in [0, 0.05) is 11.6 Å². The van der Waals surface area contributed by atoms with Gasteiger partial charge < -0.3 is 13.9 Å². The molecule has 170 valence electrons. The molecule has 0 bridgehead atoms. The third-order valence-electron chi connectivity index (χ3n) is 4.99. The van der Waals surface area contributed by atoms with Gasteiger partial charge in [0.2, 0.25) is 11.2 Å². The molecule has 0 fully saturated rings. The molecule has 0 radical (unpaired) electrons. The Hall–Kier alpha value is -3.81. The smallest absolute Gasteiger partial charge is 0.453 e. The van der Waals surface area contributed by atoms with E-state index in [1.165, 1.54) is 30.3 Å². The van der Waals surface area contributed by atoms with Gasteiger partial charge in [-0.15, -0.1) is 0 Å². The highest BCUT2D eigenvalue weighted by atomic mass is 19.4. The van der Waals surface area contributed by atoms with Crippen LogP contribution in [0.5, 0.6) is 17.2 Å². The van der Waals surface area contributed by atoms with Crippen LogP contribution in [0.4, 0.5) is 17.6 Å². The lowest BCUT2D eigenvalue weighted by Crippen LogP contribution is -2.15. The molecule has 4 nitrogen and oxygen atoms in total. The van der Waals surface area contributed by atoms with Crippen LogP contribution in [0.25, 0.3) is 11.0 Å². The number of rotatable bonds is 5. The predicted molar refractivity (Wildman–Crippen MR) is 114 cm³/mol. The second-order valence-electron chi connectivity index (χ2n) is 7.50. The molecule has 0 atom stereocenters. The molecule has 8 heteroatoms. The number of aryl methyl sites for hydroxylation is 2. The summed E-state index contributed by atoms with van der Waals surface area (Å²) >= 11 is 0. The molecule has 0 amide bonds. The Morgan fingerprint density at radius 3 is 2.45 bits per heavy atom. The van der Waals surface area contributed by atoms with Gasteiger partial charge in [0.1, 0.15) is 29.5 Å². The van der Waals surface area contributed by atoms with E-state index in [0.717, 1.165) is 11.6 Å². The fourth-order valence-corrected chi connectivity index (χ4v) is 3.23. The van der Waals surface area contributed by atoms with Crippen LogP contribution in [0.1, 0.15) is 22.5 Å². The van der Waals surface area contributed by atoms with Gasteiger partial charge in [-0.3, -0.25) is 4.79 Å². The lowest BCUT2D eigenvalue weighted by molar-refractivity contribution is -0.154. The molecule has 33 heavy (non-hydrogen) atoms. The van der Waals surface area contributed by atoms with Gasteiger partial charge in [0.05, 0.1) is 5.39 Å². The first kappa shape index (κ1) is 22.4. The van der Waals surface area contributed by atoms with Gasteiger partial charge in [-0.1, -0.05) is 30.3 Å². The Labute approximate surface area is 186 Å². The van der Waals surface area contributed by atoms with Crippen molar-refractivity contribution in [2.24, 2.45) is 0 Å². The van der Waals surface area contributed by atoms with Crippen LogP contribution in [0, 0.1) is 19.7 Å². The third-order valence-corrected chi connectivity index (χ3v) is 4.99. The van der Waals surface area contributed by atoms with Crippen molar-refractivity contribution in [1.29, 1.82) is 0 Å². The number of hydrogen-bond acceptors (Lipinski definition) is 4. The van der Waals surface area contributed by atoms with Crippen molar-refractivity contribution in [3.63, 3.8) is 0 Å². The molecule has 0 aliphatic heterocycles. The van der Waals surface area contributed by atoms with Gasteiger partial charge >= 0.3 is 6.18 Å². The summed E-state index contributed by atoms with van der Waals surface area (Å²) in [6.07, 6.45) is -4.98. The summed E-state index contributed by atoms with van der Waals surface area (Å²) in [5.41, 5.74) is 0.292. The summed E-state index contributed by atoms with van der Waals surface area (Å²) in [5.74, 6) is -2.73. The van der Waals surface area contributed by atoms with E-state index in [9.17, 15) is 22.4 Å². The first-order valence-corrected chi connectivity index (χ1v) is 9.93. The van der Waals surface area contributed by atoms with E-state index in [1.807, 2.05) is 0 Å². The van der Waals surface area contributed by atoms with Crippen molar-refractivity contribution in [2.45, 2.75) is 26.6 Å². The molecule has 0 spiro atoms. The van der Waals surface area contributed by atoms with Gasteiger partial charge in [-0.25, -0.2) is 4.39 Å². The fraction of sp³-hybridized carbons (Fsp3) is 0.160. The number of hydrogen-bond donors (Lipinski definition) is 0. The summed E-state index contributed by atoms with van der Waals surface area (Å²) < 4.78 is 71.1. The molecule has 0 unspecified atom stereocenters. The maximum atomic E-state index is 13.8. The maximum absolute atomic E-state index is 13.8. The van der Waals surface area contributed by atoms with Crippen LogP contribution in [-0.4, -0.2) is 0 Å². The zero-order valence-corrected chi connectivity index (χ0v) is 17.6. The van der Waals surface area contributed by atoms with Gasteiger partial charge in [-0.2, -0.15) is 13.2 Å². The van der Waals surface area contributed by atoms with Crippen LogP contribution < -0.4 is 14.9 Å². The highest BCUT2D eigenvalue weighted by Gasteiger charge is 2.40. The normalized spacial score (nSPS) is 11.6. The van der Waals surface area contributed by atoms with Crippen molar-refractivity contribution in [3.8, 4) is 17.2 Å². The largest absolute Gasteiger partial charge is 0.489 e. The van der Waals surface area contributed by atoms with E-state index >= 15 is 0 Å². The minimum atomic E-state index is -4.98. The number of benzene rings is 3. The average Bonchev–Trinajstić information content (AvgIpc) is 2.76.